The molecule has 1 aliphatic carbocycles. The number of rotatable bonds is 6. The number of fused-ring (bicyclic) bond motifs is 1. The van der Waals surface area contributed by atoms with E-state index >= 15 is 0 Å². The van der Waals surface area contributed by atoms with Crippen LogP contribution in [0.15, 0.2) is 46.3 Å². The number of nitrogens with one attached hydrogen (secondary N) is 3. The number of benzene rings is 1. The molecule has 0 bridgehead atoms. The van der Waals surface area contributed by atoms with Crippen LogP contribution in [0.2, 0.25) is 0 Å². The number of aromatic hydroxyl groups is 1. The second-order valence-corrected chi connectivity index (χ2v) is 7.32. The maximum absolute atomic E-state index is 11.4. The van der Waals surface area contributed by atoms with Crippen LogP contribution in [-0.4, -0.2) is 52.4 Å². The zero-order valence-corrected chi connectivity index (χ0v) is 16.4. The molecule has 5 N–H and O–H groups in total. The van der Waals surface area contributed by atoms with Crippen LogP contribution < -0.4 is 21.8 Å². The highest BCUT2D eigenvalue weighted by Crippen LogP contribution is 2.22. The fourth-order valence-electron chi connectivity index (χ4n) is 3.22. The highest BCUT2D eigenvalue weighted by molar-refractivity contribution is 5.57. The summed E-state index contributed by atoms with van der Waals surface area (Å²) in [4.78, 5) is 29.9. The third-order valence-corrected chi connectivity index (χ3v) is 4.95. The lowest BCUT2D eigenvalue weighted by Gasteiger charge is -2.16. The second-order valence-electron chi connectivity index (χ2n) is 7.32. The van der Waals surface area contributed by atoms with Gasteiger partial charge >= 0.3 is 5.69 Å². The molecule has 11 nitrogen and oxygen atoms in total. The normalized spacial score (nSPS) is 16.2. The van der Waals surface area contributed by atoms with Crippen molar-refractivity contribution in [3.05, 3.63) is 69.1 Å². The summed E-state index contributed by atoms with van der Waals surface area (Å²) >= 11 is 0. The first-order chi connectivity index (χ1) is 15.1. The number of hydrogen-bond acceptors (Lipinski definition) is 8. The molecule has 0 amide bonds. The number of aromatic amines is 2. The summed E-state index contributed by atoms with van der Waals surface area (Å²) in [5.74, 6) is 0.0146. The summed E-state index contributed by atoms with van der Waals surface area (Å²) in [6.45, 7) is -0.148. The third kappa shape index (κ3) is 3.90. The molecular weight excluding hydrogens is 400 g/mol. The van der Waals surface area contributed by atoms with E-state index in [9.17, 15) is 15.0 Å². The van der Waals surface area contributed by atoms with Crippen LogP contribution in [0, 0.1) is 0 Å². The molecule has 5 rings (SSSR count). The molecule has 0 saturated heterocycles. The molecule has 1 fully saturated rings. The molecule has 31 heavy (non-hydrogen) atoms. The Labute approximate surface area is 174 Å². The van der Waals surface area contributed by atoms with Crippen molar-refractivity contribution >= 4 is 17.7 Å². The minimum atomic E-state index is -0.518. The summed E-state index contributed by atoms with van der Waals surface area (Å²) in [6.07, 6.45) is 5.12. The molecule has 11 heteroatoms. The Kier molecular flexibility index (Phi) is 4.71. The van der Waals surface area contributed by atoms with Crippen LogP contribution in [0.4, 0.5) is 5.95 Å². The van der Waals surface area contributed by atoms with Crippen molar-refractivity contribution in [1.29, 1.82) is 0 Å². The van der Waals surface area contributed by atoms with Gasteiger partial charge < -0.3 is 20.5 Å². The van der Waals surface area contributed by atoms with E-state index in [4.69, 9.17) is 0 Å². The van der Waals surface area contributed by atoms with Crippen LogP contribution in [-0.2, 0) is 0 Å². The van der Waals surface area contributed by atoms with Gasteiger partial charge in [0, 0.05) is 5.22 Å². The fraction of sp³-hybridized carbons (Fsp3) is 0.250. The highest BCUT2D eigenvalue weighted by atomic mass is 16.3. The Bertz CT molecular complexity index is 1400. The quantitative estimate of drug-likeness (QED) is 0.284. The molecule has 1 atom stereocenters. The molecule has 1 aromatic carbocycles. The number of aliphatic hydroxyl groups excluding tert-OH is 1. The van der Waals surface area contributed by atoms with Crippen molar-refractivity contribution in [1.82, 2.24) is 29.5 Å². The molecule has 158 valence electrons. The largest absolute Gasteiger partial charge is 0.493 e. The monoisotopic (exact) mass is 420 g/mol. The smallest absolute Gasteiger partial charge is 0.326 e. The fourth-order valence-corrected chi connectivity index (χ4v) is 3.22. The van der Waals surface area contributed by atoms with E-state index in [1.54, 1.807) is 12.3 Å². The molecular formula is C20H20N8O3. The highest BCUT2D eigenvalue weighted by Gasteiger charge is 2.21. The molecule has 0 spiro atoms. The predicted molar refractivity (Wildman–Crippen MR) is 111 cm³/mol. The van der Waals surface area contributed by atoms with Crippen molar-refractivity contribution in [3.8, 4) is 5.88 Å². The minimum absolute atomic E-state index is 0.148. The maximum Gasteiger partial charge on any atom is 0.326 e. The molecule has 1 aliphatic rings. The van der Waals surface area contributed by atoms with Gasteiger partial charge in [-0.15, -0.1) is 0 Å². The predicted octanol–water partition coefficient (Wildman–Crippen LogP) is -0.397. The Hall–Kier alpha value is -3.99. The molecule has 0 radical (unpaired) electrons. The number of H-pyrrole nitrogens is 2. The minimum Gasteiger partial charge on any atom is -0.493 e. The van der Waals surface area contributed by atoms with E-state index in [1.807, 2.05) is 30.3 Å². The maximum atomic E-state index is 11.4. The van der Waals surface area contributed by atoms with Gasteiger partial charge in [0.25, 0.3) is 5.62 Å². The molecule has 4 aromatic rings. The van der Waals surface area contributed by atoms with Gasteiger partial charge in [0.1, 0.15) is 5.69 Å². The zero-order chi connectivity index (χ0) is 21.4. The van der Waals surface area contributed by atoms with Crippen molar-refractivity contribution in [2.45, 2.75) is 24.9 Å². The lowest BCUT2D eigenvalue weighted by atomic mass is 10.1. The summed E-state index contributed by atoms with van der Waals surface area (Å²) in [6, 6.07) is 9.31. The lowest BCUT2D eigenvalue weighted by molar-refractivity contribution is 0.276. The average molecular weight is 420 g/mol. The van der Waals surface area contributed by atoms with E-state index < -0.39 is 11.7 Å². The lowest BCUT2D eigenvalue weighted by Crippen LogP contribution is -2.26. The second kappa shape index (κ2) is 7.69. The van der Waals surface area contributed by atoms with E-state index in [0.29, 0.717) is 16.5 Å². The molecule has 0 aliphatic heterocycles. The van der Waals surface area contributed by atoms with E-state index in [-0.39, 0.29) is 30.2 Å². The van der Waals surface area contributed by atoms with Gasteiger partial charge in [-0.2, -0.15) is 19.6 Å². The van der Waals surface area contributed by atoms with Crippen LogP contribution >= 0.6 is 0 Å². The summed E-state index contributed by atoms with van der Waals surface area (Å²) in [5, 5.41) is 27.8. The van der Waals surface area contributed by atoms with Crippen molar-refractivity contribution in [3.63, 3.8) is 0 Å². The van der Waals surface area contributed by atoms with Crippen molar-refractivity contribution in [2.75, 3.05) is 11.9 Å². The Morgan fingerprint density at radius 1 is 1.26 bits per heavy atom. The van der Waals surface area contributed by atoms with Gasteiger partial charge in [0.05, 0.1) is 24.9 Å². The summed E-state index contributed by atoms with van der Waals surface area (Å²) in [5.41, 5.74) is 1.43. The number of imidazole rings is 1. The van der Waals surface area contributed by atoms with E-state index in [0.717, 1.165) is 18.4 Å². The third-order valence-electron chi connectivity index (χ3n) is 4.95. The Morgan fingerprint density at radius 2 is 2.06 bits per heavy atom. The van der Waals surface area contributed by atoms with Crippen LogP contribution in [0.25, 0.3) is 11.7 Å². The van der Waals surface area contributed by atoms with Crippen molar-refractivity contribution < 1.29 is 10.2 Å². The van der Waals surface area contributed by atoms with Gasteiger partial charge in [-0.25, -0.2) is 9.79 Å². The van der Waals surface area contributed by atoms with E-state index in [2.05, 4.69) is 35.3 Å². The number of aromatic nitrogens is 6. The number of nitrogens with zero attached hydrogens (tertiary/aromatic N) is 5. The summed E-state index contributed by atoms with van der Waals surface area (Å²) in [7, 11) is 0. The number of anilines is 1. The van der Waals surface area contributed by atoms with Gasteiger partial charge in [-0.1, -0.05) is 30.3 Å². The van der Waals surface area contributed by atoms with Crippen molar-refractivity contribution in [2.24, 2.45) is 4.99 Å². The Morgan fingerprint density at radius 3 is 2.74 bits per heavy atom. The van der Waals surface area contributed by atoms with Crippen LogP contribution in [0.1, 0.15) is 30.1 Å². The van der Waals surface area contributed by atoms with Gasteiger partial charge in [0.15, 0.2) is 5.65 Å². The number of hydrogen-bond donors (Lipinski definition) is 5. The molecule has 1 saturated carbocycles. The van der Waals surface area contributed by atoms with Crippen LogP contribution in [0.3, 0.4) is 0 Å². The summed E-state index contributed by atoms with van der Waals surface area (Å²) < 4.78 is 1.52. The topological polar surface area (TPSA) is 157 Å². The first kappa shape index (κ1) is 19.0. The SMILES string of the molecule is O=c1[nH]c(O)c(/C=c2/cnn3c(=NC4CC4)nc(N[C@H](CO)c4ccccc4)nc23)[nH]1. The molecule has 3 heterocycles. The first-order valence-electron chi connectivity index (χ1n) is 9.85. The van der Waals surface area contributed by atoms with E-state index in [1.165, 1.54) is 4.52 Å². The van der Waals surface area contributed by atoms with Gasteiger partial charge in [-0.3, -0.25) is 4.98 Å². The first-order valence-corrected chi connectivity index (χ1v) is 9.85. The van der Waals surface area contributed by atoms with Crippen LogP contribution in [0.5, 0.6) is 5.88 Å². The Balaban J connectivity index is 1.64. The average Bonchev–Trinajstić information content (AvgIpc) is 3.41. The zero-order valence-electron chi connectivity index (χ0n) is 16.4. The molecule has 0 unspecified atom stereocenters. The standard InChI is InChI=1S/C20H20N8O3/c29-10-15(11-4-2-1-3-5-11)23-18-25-16-12(8-14-17(30)26-20(31)24-14)9-21-28(16)19(27-18)22-13-6-7-13/h1-5,8-9,13,15,29-30H,6-7,10H2,(H,22,23,27)(H2,24,26,31)/b12-8-/t15-/m1/s1. The molecule has 3 aromatic heterocycles. The van der Waals surface area contributed by atoms with Gasteiger partial charge in [0.2, 0.25) is 11.8 Å². The van der Waals surface area contributed by atoms with Gasteiger partial charge in [-0.05, 0) is 24.5 Å². The number of aliphatic hydroxyl groups is 1.